The Morgan fingerprint density at radius 2 is 0.700 bits per heavy atom. The van der Waals surface area contributed by atoms with Crippen molar-refractivity contribution in [2.75, 3.05) is 4.90 Å². The van der Waals surface area contributed by atoms with E-state index in [4.69, 9.17) is 4.42 Å². The Morgan fingerprint density at radius 3 is 1.28 bits per heavy atom. The summed E-state index contributed by atoms with van der Waals surface area (Å²) in [4.78, 5) is 2.34. The van der Waals surface area contributed by atoms with E-state index in [9.17, 15) is 0 Å². The van der Waals surface area contributed by atoms with Crippen LogP contribution in [0.15, 0.2) is 241 Å². The average Bonchev–Trinajstić information content (AvgIpc) is 3.71. The first-order valence-corrected chi connectivity index (χ1v) is 20.5. The topological polar surface area (TPSA) is 16.4 Å². The third-order valence-corrected chi connectivity index (χ3v) is 11.7. The quantitative estimate of drug-likeness (QED) is 0.153. The first kappa shape index (κ1) is 35.2. The van der Waals surface area contributed by atoms with E-state index < -0.39 is 0 Å². The largest absolute Gasteiger partial charge is 0.455 e. The molecule has 0 aliphatic rings. The highest BCUT2D eigenvalue weighted by Crippen LogP contribution is 2.40. The van der Waals surface area contributed by atoms with Gasteiger partial charge in [-0.3, -0.25) is 0 Å². The summed E-state index contributed by atoms with van der Waals surface area (Å²) in [5.41, 5.74) is 16.8. The second-order valence-corrected chi connectivity index (χ2v) is 15.3. The first-order chi connectivity index (χ1) is 29.7. The molecule has 0 aliphatic carbocycles. The molecule has 0 unspecified atom stereocenters. The van der Waals surface area contributed by atoms with Gasteiger partial charge in [-0.15, -0.1) is 0 Å². The van der Waals surface area contributed by atoms with Crippen LogP contribution in [0.2, 0.25) is 0 Å². The molecule has 60 heavy (non-hydrogen) atoms. The highest BCUT2D eigenvalue weighted by atomic mass is 16.3. The van der Waals surface area contributed by atoms with Crippen LogP contribution in [0.25, 0.3) is 88.3 Å². The van der Waals surface area contributed by atoms with Gasteiger partial charge in [-0.25, -0.2) is 0 Å². The number of anilines is 3. The molecule has 2 heteroatoms. The number of nitrogens with zero attached hydrogens (tertiary/aromatic N) is 1. The predicted molar refractivity (Wildman–Crippen MR) is 253 cm³/mol. The Bertz CT molecular complexity index is 3260. The van der Waals surface area contributed by atoms with Crippen LogP contribution in [-0.2, 0) is 0 Å². The highest BCUT2D eigenvalue weighted by molar-refractivity contribution is 6.10. The summed E-state index contributed by atoms with van der Waals surface area (Å²) in [7, 11) is 0. The monoisotopic (exact) mass is 765 g/mol. The van der Waals surface area contributed by atoms with Crippen LogP contribution in [0.5, 0.6) is 0 Å². The summed E-state index contributed by atoms with van der Waals surface area (Å²) in [6.07, 6.45) is 0. The normalized spacial score (nSPS) is 11.3. The lowest BCUT2D eigenvalue weighted by Crippen LogP contribution is -2.09. The smallest absolute Gasteiger partial charge is 0.143 e. The predicted octanol–water partition coefficient (Wildman–Crippen LogP) is 16.5. The van der Waals surface area contributed by atoms with E-state index in [2.05, 4.69) is 235 Å². The summed E-state index contributed by atoms with van der Waals surface area (Å²) in [5, 5.41) is 4.73. The fourth-order valence-corrected chi connectivity index (χ4v) is 8.53. The molecule has 0 radical (unpaired) electrons. The number of hydrogen-bond acceptors (Lipinski definition) is 2. The van der Waals surface area contributed by atoms with Crippen LogP contribution in [0, 0.1) is 0 Å². The van der Waals surface area contributed by atoms with E-state index in [1.807, 2.05) is 6.07 Å². The van der Waals surface area contributed by atoms with Crippen molar-refractivity contribution in [2.24, 2.45) is 0 Å². The Kier molecular flexibility index (Phi) is 8.87. The maximum atomic E-state index is 6.49. The Labute approximate surface area is 349 Å². The van der Waals surface area contributed by atoms with Crippen molar-refractivity contribution in [2.45, 2.75) is 0 Å². The molecule has 2 nitrogen and oxygen atoms in total. The SMILES string of the molecule is c1ccc(-c2ccc(-c3ccc(N(c4ccc(-c5ccc6ccccc6c5)cc4)c4ccc(-c5ccc6oc7c(-c8ccccc8)cccc7c6c5)cc4)cc3)cc2)cc1. The zero-order valence-corrected chi connectivity index (χ0v) is 32.9. The fraction of sp³-hybridized carbons (Fsp3) is 0. The number of para-hydroxylation sites is 1. The Balaban J connectivity index is 0.939. The van der Waals surface area contributed by atoms with E-state index in [0.717, 1.165) is 61.3 Å². The summed E-state index contributed by atoms with van der Waals surface area (Å²) < 4.78 is 6.49. The molecule has 0 saturated carbocycles. The van der Waals surface area contributed by atoms with Gasteiger partial charge in [-0.05, 0) is 115 Å². The van der Waals surface area contributed by atoms with Crippen LogP contribution in [0.4, 0.5) is 17.1 Å². The molecule has 11 aromatic rings. The molecule has 10 aromatic carbocycles. The lowest BCUT2D eigenvalue weighted by atomic mass is 9.99. The van der Waals surface area contributed by atoms with E-state index >= 15 is 0 Å². The van der Waals surface area contributed by atoms with Crippen LogP contribution in [0.1, 0.15) is 0 Å². The number of furan rings is 1. The summed E-state index contributed by atoms with van der Waals surface area (Å²) in [6, 6.07) is 84.8. The molecule has 0 saturated heterocycles. The molecule has 1 heterocycles. The van der Waals surface area contributed by atoms with Crippen molar-refractivity contribution in [1.82, 2.24) is 0 Å². The van der Waals surface area contributed by atoms with Crippen molar-refractivity contribution in [3.8, 4) is 55.6 Å². The minimum absolute atomic E-state index is 0.891. The van der Waals surface area contributed by atoms with Gasteiger partial charge in [0.1, 0.15) is 11.2 Å². The maximum absolute atomic E-state index is 6.49. The highest BCUT2D eigenvalue weighted by Gasteiger charge is 2.16. The van der Waals surface area contributed by atoms with Gasteiger partial charge in [0.25, 0.3) is 0 Å². The third kappa shape index (κ3) is 6.61. The van der Waals surface area contributed by atoms with Gasteiger partial charge in [0.2, 0.25) is 0 Å². The van der Waals surface area contributed by atoms with Crippen molar-refractivity contribution in [3.05, 3.63) is 237 Å². The van der Waals surface area contributed by atoms with Crippen LogP contribution >= 0.6 is 0 Å². The zero-order valence-electron chi connectivity index (χ0n) is 32.9. The lowest BCUT2D eigenvalue weighted by Gasteiger charge is -2.26. The Morgan fingerprint density at radius 1 is 0.267 bits per heavy atom. The molecule has 11 rings (SSSR count). The van der Waals surface area contributed by atoms with Crippen LogP contribution in [-0.4, -0.2) is 0 Å². The van der Waals surface area contributed by atoms with Gasteiger partial charge >= 0.3 is 0 Å². The molecule has 0 N–H and O–H groups in total. The van der Waals surface area contributed by atoms with Crippen molar-refractivity contribution < 1.29 is 4.42 Å². The number of benzene rings is 10. The van der Waals surface area contributed by atoms with Crippen LogP contribution < -0.4 is 4.90 Å². The third-order valence-electron chi connectivity index (χ3n) is 11.7. The summed E-state index contributed by atoms with van der Waals surface area (Å²) in [5.74, 6) is 0. The second kappa shape index (κ2) is 15.1. The number of rotatable bonds is 8. The van der Waals surface area contributed by atoms with Gasteiger partial charge in [0.15, 0.2) is 0 Å². The van der Waals surface area contributed by atoms with E-state index in [1.54, 1.807) is 0 Å². The van der Waals surface area contributed by atoms with Crippen molar-refractivity contribution in [1.29, 1.82) is 0 Å². The molecule has 0 aliphatic heterocycles. The van der Waals surface area contributed by atoms with E-state index in [-0.39, 0.29) is 0 Å². The minimum Gasteiger partial charge on any atom is -0.455 e. The standard InChI is InChI=1S/C58H39NO/c1-3-10-40(11-4-1)42-18-20-43(21-19-42)44-24-31-51(32-25-44)59(52-33-26-45(27-34-52)49-23-22-41-12-7-8-15-48(41)38-49)53-35-28-46(29-36-53)50-30-37-57-56(39-50)55-17-9-16-54(58(55)60-57)47-13-5-2-6-14-47/h1-39H. The summed E-state index contributed by atoms with van der Waals surface area (Å²) in [6.45, 7) is 0. The van der Waals surface area contributed by atoms with Gasteiger partial charge < -0.3 is 9.32 Å². The molecule has 0 spiro atoms. The minimum atomic E-state index is 0.891. The molecule has 0 fully saturated rings. The first-order valence-electron chi connectivity index (χ1n) is 20.5. The fourth-order valence-electron chi connectivity index (χ4n) is 8.53. The van der Waals surface area contributed by atoms with Gasteiger partial charge in [-0.2, -0.15) is 0 Å². The van der Waals surface area contributed by atoms with Gasteiger partial charge in [0, 0.05) is 33.4 Å². The lowest BCUT2D eigenvalue weighted by molar-refractivity contribution is 0.670. The zero-order chi connectivity index (χ0) is 39.8. The average molecular weight is 766 g/mol. The number of fused-ring (bicyclic) bond motifs is 4. The van der Waals surface area contributed by atoms with E-state index in [1.165, 1.54) is 44.2 Å². The van der Waals surface area contributed by atoms with Crippen molar-refractivity contribution in [3.63, 3.8) is 0 Å². The maximum Gasteiger partial charge on any atom is 0.143 e. The van der Waals surface area contributed by atoms with Gasteiger partial charge in [0.05, 0.1) is 0 Å². The molecular formula is C58H39NO. The molecule has 0 bridgehead atoms. The van der Waals surface area contributed by atoms with Crippen molar-refractivity contribution >= 4 is 49.8 Å². The molecule has 0 amide bonds. The Hall–Kier alpha value is -7.94. The van der Waals surface area contributed by atoms with Gasteiger partial charge in [-0.1, -0.05) is 182 Å². The molecular weight excluding hydrogens is 727 g/mol. The molecule has 0 atom stereocenters. The number of hydrogen-bond donors (Lipinski definition) is 0. The second-order valence-electron chi connectivity index (χ2n) is 15.3. The van der Waals surface area contributed by atoms with E-state index in [0.29, 0.717) is 0 Å². The summed E-state index contributed by atoms with van der Waals surface area (Å²) >= 11 is 0. The molecule has 1 aromatic heterocycles. The molecule has 282 valence electrons. The van der Waals surface area contributed by atoms with Crippen LogP contribution in [0.3, 0.4) is 0 Å².